The molecule has 0 unspecified atom stereocenters. The molecule has 1 aromatic rings. The molecule has 1 amide bonds. The van der Waals surface area contributed by atoms with Crippen LogP contribution >= 0.6 is 0 Å². The quantitative estimate of drug-likeness (QED) is 0.838. The fraction of sp³-hybridized carbons (Fsp3) is 0.500. The predicted octanol–water partition coefficient (Wildman–Crippen LogP) is 0.928. The lowest BCUT2D eigenvalue weighted by atomic mass is 10.1. The lowest BCUT2D eigenvalue weighted by Crippen LogP contribution is -2.34. The Labute approximate surface area is 105 Å². The van der Waals surface area contributed by atoms with Crippen LogP contribution in [0.25, 0.3) is 0 Å². The number of carbonyl (C=O) groups excluding carboxylic acids is 1. The second-order valence-electron chi connectivity index (χ2n) is 4.17. The summed E-state index contributed by atoms with van der Waals surface area (Å²) in [6.45, 7) is 1.85. The van der Waals surface area contributed by atoms with Crippen molar-refractivity contribution in [3.05, 3.63) is 24.1 Å². The molecule has 0 aliphatic carbocycles. The first kappa shape index (κ1) is 12.9. The summed E-state index contributed by atoms with van der Waals surface area (Å²) in [5.74, 6) is -0.373. The smallest absolute Gasteiger partial charge is 0.251 e. The zero-order valence-electron chi connectivity index (χ0n) is 9.99. The third-order valence-electron chi connectivity index (χ3n) is 2.73. The number of nitrogens with one attached hydrogen (secondary N) is 2. The maximum Gasteiger partial charge on any atom is 0.251 e. The van der Waals surface area contributed by atoms with Crippen LogP contribution in [-0.2, 0) is 9.53 Å². The number of amides is 1. The third kappa shape index (κ3) is 4.05. The van der Waals surface area contributed by atoms with E-state index >= 15 is 0 Å². The average Bonchev–Trinajstić information content (AvgIpc) is 2.40. The molecule has 0 saturated carbocycles. The van der Waals surface area contributed by atoms with E-state index in [-0.39, 0.29) is 18.6 Å². The van der Waals surface area contributed by atoms with Crippen LogP contribution in [0.4, 0.5) is 10.2 Å². The standard InChI is InChI=1S/C12H16FN3O2/c13-9-1-2-11(15-7-9)16-12(17)8-18-10-3-5-14-6-4-10/h1-2,7,10,14H,3-6,8H2,(H,15,16,17). The van der Waals surface area contributed by atoms with Gasteiger partial charge in [-0.2, -0.15) is 0 Å². The number of piperidine rings is 1. The minimum absolute atomic E-state index is 0.00369. The van der Waals surface area contributed by atoms with Gasteiger partial charge in [-0.1, -0.05) is 0 Å². The normalized spacial score (nSPS) is 16.5. The zero-order chi connectivity index (χ0) is 12.8. The fourth-order valence-corrected chi connectivity index (χ4v) is 1.78. The van der Waals surface area contributed by atoms with Crippen LogP contribution in [0, 0.1) is 5.82 Å². The number of anilines is 1. The molecule has 1 fully saturated rings. The number of halogens is 1. The number of ether oxygens (including phenoxy) is 1. The molecular weight excluding hydrogens is 237 g/mol. The summed E-state index contributed by atoms with van der Waals surface area (Å²) < 4.78 is 18.1. The molecule has 2 heterocycles. The van der Waals surface area contributed by atoms with Crippen molar-refractivity contribution in [3.63, 3.8) is 0 Å². The highest BCUT2D eigenvalue weighted by atomic mass is 19.1. The molecule has 0 radical (unpaired) electrons. The van der Waals surface area contributed by atoms with E-state index in [0.29, 0.717) is 5.82 Å². The Balaban J connectivity index is 1.73. The molecule has 6 heteroatoms. The first-order valence-corrected chi connectivity index (χ1v) is 5.98. The minimum Gasteiger partial charge on any atom is -0.368 e. The number of rotatable bonds is 4. The highest BCUT2D eigenvalue weighted by Gasteiger charge is 2.14. The highest BCUT2D eigenvalue weighted by molar-refractivity contribution is 5.90. The summed E-state index contributed by atoms with van der Waals surface area (Å²) in [5, 5.41) is 5.77. The van der Waals surface area contributed by atoms with Crippen LogP contribution in [-0.4, -0.2) is 36.7 Å². The third-order valence-corrected chi connectivity index (χ3v) is 2.73. The van der Waals surface area contributed by atoms with Gasteiger partial charge in [0.1, 0.15) is 18.2 Å². The lowest BCUT2D eigenvalue weighted by Gasteiger charge is -2.22. The lowest BCUT2D eigenvalue weighted by molar-refractivity contribution is -0.123. The zero-order valence-corrected chi connectivity index (χ0v) is 9.99. The van der Waals surface area contributed by atoms with Gasteiger partial charge in [-0.25, -0.2) is 9.37 Å². The number of hydrogen-bond donors (Lipinski definition) is 2. The van der Waals surface area contributed by atoms with Gasteiger partial charge in [0, 0.05) is 0 Å². The first-order chi connectivity index (χ1) is 8.74. The molecule has 2 rings (SSSR count). The molecule has 18 heavy (non-hydrogen) atoms. The molecule has 0 bridgehead atoms. The van der Waals surface area contributed by atoms with E-state index < -0.39 is 5.82 Å². The van der Waals surface area contributed by atoms with Crippen molar-refractivity contribution in [2.45, 2.75) is 18.9 Å². The van der Waals surface area contributed by atoms with Gasteiger partial charge in [0.05, 0.1) is 12.3 Å². The van der Waals surface area contributed by atoms with E-state index in [2.05, 4.69) is 15.6 Å². The monoisotopic (exact) mass is 253 g/mol. The van der Waals surface area contributed by atoms with Crippen molar-refractivity contribution >= 4 is 11.7 Å². The number of carbonyl (C=O) groups is 1. The maximum absolute atomic E-state index is 12.6. The van der Waals surface area contributed by atoms with E-state index in [9.17, 15) is 9.18 Å². The SMILES string of the molecule is O=C(COC1CCNCC1)Nc1ccc(F)cn1. The topological polar surface area (TPSA) is 63.2 Å². The number of nitrogens with zero attached hydrogens (tertiary/aromatic N) is 1. The van der Waals surface area contributed by atoms with E-state index in [4.69, 9.17) is 4.74 Å². The second-order valence-corrected chi connectivity index (χ2v) is 4.17. The number of hydrogen-bond acceptors (Lipinski definition) is 4. The van der Waals surface area contributed by atoms with Gasteiger partial charge >= 0.3 is 0 Å². The first-order valence-electron chi connectivity index (χ1n) is 5.98. The molecule has 1 saturated heterocycles. The maximum atomic E-state index is 12.6. The van der Waals surface area contributed by atoms with E-state index in [1.807, 2.05) is 0 Å². The van der Waals surface area contributed by atoms with Crippen LogP contribution in [0.1, 0.15) is 12.8 Å². The van der Waals surface area contributed by atoms with Gasteiger partial charge in [-0.05, 0) is 38.1 Å². The van der Waals surface area contributed by atoms with Crippen LogP contribution in [0.5, 0.6) is 0 Å². The van der Waals surface area contributed by atoms with Gasteiger partial charge in [0.25, 0.3) is 5.91 Å². The molecule has 98 valence electrons. The number of aromatic nitrogens is 1. The molecule has 0 atom stereocenters. The molecule has 1 aromatic heterocycles. The van der Waals surface area contributed by atoms with Crippen molar-refractivity contribution in [2.75, 3.05) is 25.0 Å². The van der Waals surface area contributed by atoms with Gasteiger partial charge < -0.3 is 15.4 Å². The second kappa shape index (κ2) is 6.42. The van der Waals surface area contributed by atoms with Crippen LogP contribution in [0.2, 0.25) is 0 Å². The van der Waals surface area contributed by atoms with Crippen LogP contribution in [0.3, 0.4) is 0 Å². The summed E-state index contributed by atoms with van der Waals surface area (Å²) in [7, 11) is 0. The van der Waals surface area contributed by atoms with Gasteiger partial charge in [-0.15, -0.1) is 0 Å². The molecule has 1 aliphatic heterocycles. The van der Waals surface area contributed by atoms with E-state index in [0.717, 1.165) is 32.1 Å². The largest absolute Gasteiger partial charge is 0.368 e. The fourth-order valence-electron chi connectivity index (χ4n) is 1.78. The van der Waals surface area contributed by atoms with Crippen molar-refractivity contribution < 1.29 is 13.9 Å². The van der Waals surface area contributed by atoms with Gasteiger partial charge in [0.2, 0.25) is 0 Å². The Morgan fingerprint density at radius 3 is 2.94 bits per heavy atom. The summed E-state index contributed by atoms with van der Waals surface area (Å²) in [6.07, 6.45) is 3.03. The van der Waals surface area contributed by atoms with Crippen molar-refractivity contribution in [3.8, 4) is 0 Å². The van der Waals surface area contributed by atoms with Crippen LogP contribution < -0.4 is 10.6 Å². The van der Waals surface area contributed by atoms with Crippen molar-refractivity contribution in [1.29, 1.82) is 0 Å². The average molecular weight is 253 g/mol. The molecular formula is C12H16FN3O2. The molecule has 2 N–H and O–H groups in total. The Kier molecular flexibility index (Phi) is 4.60. The summed E-state index contributed by atoms with van der Waals surface area (Å²) in [5.41, 5.74) is 0. The predicted molar refractivity (Wildman–Crippen MR) is 64.7 cm³/mol. The summed E-state index contributed by atoms with van der Waals surface area (Å²) >= 11 is 0. The Hall–Kier alpha value is -1.53. The Morgan fingerprint density at radius 2 is 2.28 bits per heavy atom. The molecule has 0 aromatic carbocycles. The number of pyridine rings is 1. The van der Waals surface area contributed by atoms with E-state index in [1.165, 1.54) is 12.1 Å². The Bertz CT molecular complexity index is 391. The molecule has 0 spiro atoms. The Morgan fingerprint density at radius 1 is 1.50 bits per heavy atom. The van der Waals surface area contributed by atoms with Gasteiger partial charge in [-0.3, -0.25) is 4.79 Å². The van der Waals surface area contributed by atoms with Crippen molar-refractivity contribution in [2.24, 2.45) is 0 Å². The van der Waals surface area contributed by atoms with Crippen molar-refractivity contribution in [1.82, 2.24) is 10.3 Å². The van der Waals surface area contributed by atoms with E-state index in [1.54, 1.807) is 0 Å². The van der Waals surface area contributed by atoms with Crippen LogP contribution in [0.15, 0.2) is 18.3 Å². The molecule has 1 aliphatic rings. The highest BCUT2D eigenvalue weighted by Crippen LogP contribution is 2.07. The summed E-state index contributed by atoms with van der Waals surface area (Å²) in [4.78, 5) is 15.3. The van der Waals surface area contributed by atoms with Gasteiger partial charge in [0.15, 0.2) is 0 Å². The minimum atomic E-state index is -0.432. The molecule has 5 nitrogen and oxygen atoms in total. The summed E-state index contributed by atoms with van der Waals surface area (Å²) in [6, 6.07) is 2.66.